The van der Waals surface area contributed by atoms with Crippen LogP contribution in [0.1, 0.15) is 79.6 Å². The molecule has 3 atom stereocenters. The molecule has 0 radical (unpaired) electrons. The first-order chi connectivity index (χ1) is 16.0. The molecule has 7 nitrogen and oxygen atoms in total. The summed E-state index contributed by atoms with van der Waals surface area (Å²) in [6.45, 7) is 22.3. The van der Waals surface area contributed by atoms with Gasteiger partial charge in [-0.1, -0.05) is 33.3 Å². The standard InChI is InChI=1S/C23H40N4O2.C2H6.CH2O/c1-18(2)22-20(4)24-23(29-22)26-15-16-27(19(3)17-26)21(28)11-7-5-8-12-25-13-9-6-10-14-25;2*1-2/h19-20,22H,1,5-17H2,2-4H3;1-2H3;1H2/t19-,20+,22+;;/m1../s1. The van der Waals surface area contributed by atoms with Crippen LogP contribution < -0.4 is 0 Å². The van der Waals surface area contributed by atoms with Gasteiger partial charge in [0.25, 0.3) is 6.02 Å². The molecule has 0 aromatic heterocycles. The summed E-state index contributed by atoms with van der Waals surface area (Å²) in [5.41, 5.74) is 1.01. The molecule has 3 aliphatic rings. The molecule has 0 aromatic carbocycles. The first-order valence-corrected chi connectivity index (χ1v) is 12.9. The van der Waals surface area contributed by atoms with E-state index in [1.807, 2.05) is 27.6 Å². The smallest absolute Gasteiger partial charge is 0.288 e. The fourth-order valence-electron chi connectivity index (χ4n) is 4.77. The zero-order chi connectivity index (χ0) is 24.8. The van der Waals surface area contributed by atoms with E-state index in [1.165, 1.54) is 45.3 Å². The van der Waals surface area contributed by atoms with Gasteiger partial charge in [-0.3, -0.25) is 4.79 Å². The summed E-state index contributed by atoms with van der Waals surface area (Å²) in [7, 11) is 0. The number of unbranched alkanes of at least 4 members (excludes halogenated alkanes) is 2. The normalized spacial score (nSPS) is 25.1. The Morgan fingerprint density at radius 3 is 2.27 bits per heavy atom. The highest BCUT2D eigenvalue weighted by Crippen LogP contribution is 2.23. The number of hydrogen-bond donors (Lipinski definition) is 0. The molecule has 0 bridgehead atoms. The fourth-order valence-corrected chi connectivity index (χ4v) is 4.77. The predicted octanol–water partition coefficient (Wildman–Crippen LogP) is 4.13. The molecule has 33 heavy (non-hydrogen) atoms. The molecular weight excluding hydrogens is 416 g/mol. The van der Waals surface area contributed by atoms with Gasteiger partial charge in [-0.25, -0.2) is 4.99 Å². The van der Waals surface area contributed by atoms with Crippen LogP contribution >= 0.6 is 0 Å². The second-order valence-corrected chi connectivity index (χ2v) is 9.13. The number of piperidine rings is 1. The van der Waals surface area contributed by atoms with E-state index in [-0.39, 0.29) is 18.2 Å². The van der Waals surface area contributed by atoms with Crippen molar-refractivity contribution in [2.45, 2.75) is 97.8 Å². The van der Waals surface area contributed by atoms with Gasteiger partial charge in [0.2, 0.25) is 5.91 Å². The lowest BCUT2D eigenvalue weighted by atomic mass is 10.1. The summed E-state index contributed by atoms with van der Waals surface area (Å²) >= 11 is 0. The predicted molar refractivity (Wildman–Crippen MR) is 137 cm³/mol. The van der Waals surface area contributed by atoms with Crippen molar-refractivity contribution in [3.63, 3.8) is 0 Å². The Hall–Kier alpha value is -1.89. The van der Waals surface area contributed by atoms with Crippen LogP contribution in [0, 0.1) is 0 Å². The number of carbonyl (C=O) groups excluding carboxylic acids is 2. The third-order valence-electron chi connectivity index (χ3n) is 6.50. The molecule has 3 rings (SSSR count). The molecule has 0 saturated carbocycles. The van der Waals surface area contributed by atoms with Crippen LogP contribution in [0.15, 0.2) is 17.1 Å². The first-order valence-electron chi connectivity index (χ1n) is 12.9. The highest BCUT2D eigenvalue weighted by Gasteiger charge is 2.35. The summed E-state index contributed by atoms with van der Waals surface area (Å²) in [5, 5.41) is 0. The number of ether oxygens (including phenoxy) is 1. The van der Waals surface area contributed by atoms with Crippen molar-refractivity contribution < 1.29 is 14.3 Å². The molecule has 1 amide bonds. The summed E-state index contributed by atoms with van der Waals surface area (Å²) in [4.78, 5) is 32.2. The minimum Gasteiger partial charge on any atom is -0.455 e. The van der Waals surface area contributed by atoms with E-state index in [1.54, 1.807) is 0 Å². The lowest BCUT2D eigenvalue weighted by molar-refractivity contribution is -0.135. The zero-order valence-electron chi connectivity index (χ0n) is 21.9. The Kier molecular flexibility index (Phi) is 14.0. The Labute approximate surface area is 202 Å². The van der Waals surface area contributed by atoms with Crippen LogP contribution in [0.5, 0.6) is 0 Å². The van der Waals surface area contributed by atoms with E-state index in [0.29, 0.717) is 12.3 Å². The minimum absolute atomic E-state index is 0.0232. The summed E-state index contributed by atoms with van der Waals surface area (Å²) in [6.07, 6.45) is 8.13. The van der Waals surface area contributed by atoms with E-state index < -0.39 is 0 Å². The van der Waals surface area contributed by atoms with Gasteiger partial charge in [-0.15, -0.1) is 0 Å². The molecule has 0 unspecified atom stereocenters. The van der Waals surface area contributed by atoms with E-state index in [0.717, 1.165) is 44.1 Å². The van der Waals surface area contributed by atoms with Gasteiger partial charge >= 0.3 is 0 Å². The van der Waals surface area contributed by atoms with Crippen molar-refractivity contribution in [2.24, 2.45) is 4.99 Å². The molecule has 0 aromatic rings. The largest absolute Gasteiger partial charge is 0.455 e. The van der Waals surface area contributed by atoms with Crippen LogP contribution in [0.25, 0.3) is 0 Å². The highest BCUT2D eigenvalue weighted by molar-refractivity contribution is 5.79. The second kappa shape index (κ2) is 15.9. The summed E-state index contributed by atoms with van der Waals surface area (Å²) in [5.74, 6) is 0.303. The lowest BCUT2D eigenvalue weighted by Crippen LogP contribution is -2.55. The average molecular weight is 465 g/mol. The second-order valence-electron chi connectivity index (χ2n) is 9.13. The molecule has 0 N–H and O–H groups in total. The number of amides is 1. The molecule has 7 heteroatoms. The first kappa shape index (κ1) is 29.1. The van der Waals surface area contributed by atoms with Gasteiger partial charge in [-0.2, -0.15) is 0 Å². The van der Waals surface area contributed by atoms with Crippen LogP contribution in [-0.4, -0.2) is 90.9 Å². The Morgan fingerprint density at radius 1 is 1.03 bits per heavy atom. The van der Waals surface area contributed by atoms with Crippen molar-refractivity contribution in [3.8, 4) is 0 Å². The maximum atomic E-state index is 12.7. The van der Waals surface area contributed by atoms with Crippen LogP contribution in [0.3, 0.4) is 0 Å². The molecule has 0 aliphatic carbocycles. The number of hydrogen-bond acceptors (Lipinski definition) is 6. The molecular formula is C26H48N4O3. The van der Waals surface area contributed by atoms with E-state index in [4.69, 9.17) is 9.53 Å². The highest BCUT2D eigenvalue weighted by atomic mass is 16.5. The summed E-state index contributed by atoms with van der Waals surface area (Å²) < 4.78 is 6.03. The van der Waals surface area contributed by atoms with Gasteiger partial charge in [0, 0.05) is 32.1 Å². The van der Waals surface area contributed by atoms with Crippen molar-refractivity contribution in [1.29, 1.82) is 0 Å². The van der Waals surface area contributed by atoms with Gasteiger partial charge < -0.3 is 24.2 Å². The summed E-state index contributed by atoms with van der Waals surface area (Å²) in [6, 6.07) is 1.03. The topological polar surface area (TPSA) is 65.5 Å². The number of piperazine rings is 1. The van der Waals surface area contributed by atoms with Crippen molar-refractivity contribution in [1.82, 2.24) is 14.7 Å². The maximum absolute atomic E-state index is 12.7. The van der Waals surface area contributed by atoms with Crippen LogP contribution in [-0.2, 0) is 14.3 Å². The molecule has 0 spiro atoms. The van der Waals surface area contributed by atoms with Crippen molar-refractivity contribution in [3.05, 3.63) is 12.2 Å². The van der Waals surface area contributed by atoms with Gasteiger partial charge in [0.05, 0.1) is 6.04 Å². The third-order valence-corrected chi connectivity index (χ3v) is 6.50. The van der Waals surface area contributed by atoms with Crippen molar-refractivity contribution in [2.75, 3.05) is 39.3 Å². The zero-order valence-corrected chi connectivity index (χ0v) is 21.9. The number of nitrogens with zero attached hydrogens (tertiary/aromatic N) is 4. The van der Waals surface area contributed by atoms with Crippen LogP contribution in [0.4, 0.5) is 0 Å². The fraction of sp³-hybridized carbons (Fsp3) is 0.808. The average Bonchev–Trinajstić information content (AvgIpc) is 3.24. The Morgan fingerprint density at radius 2 is 1.70 bits per heavy atom. The van der Waals surface area contributed by atoms with E-state index in [2.05, 4.69) is 40.1 Å². The Balaban J connectivity index is 0.00000129. The number of rotatable bonds is 7. The number of amidine groups is 1. The van der Waals surface area contributed by atoms with Gasteiger partial charge in [-0.05, 0) is 71.7 Å². The van der Waals surface area contributed by atoms with Crippen LogP contribution in [0.2, 0.25) is 0 Å². The van der Waals surface area contributed by atoms with E-state index >= 15 is 0 Å². The molecule has 2 saturated heterocycles. The van der Waals surface area contributed by atoms with Gasteiger partial charge in [0.15, 0.2) is 0 Å². The maximum Gasteiger partial charge on any atom is 0.288 e. The molecule has 2 fully saturated rings. The van der Waals surface area contributed by atoms with Gasteiger partial charge in [0.1, 0.15) is 12.9 Å². The molecule has 3 aliphatic heterocycles. The number of likely N-dealkylation sites (tertiary alicyclic amines) is 1. The van der Waals surface area contributed by atoms with E-state index in [9.17, 15) is 4.79 Å². The quantitative estimate of drug-likeness (QED) is 0.419. The lowest BCUT2D eigenvalue weighted by Gasteiger charge is -2.40. The molecule has 3 heterocycles. The van der Waals surface area contributed by atoms with Crippen molar-refractivity contribution >= 4 is 18.7 Å². The third kappa shape index (κ3) is 9.11. The number of carbonyl (C=O) groups is 2. The Bertz CT molecular complexity index is 619. The SMILES string of the molecule is C=C(C)[C@@H]1OC(N2CCN(C(=O)CCCCCN3CCCCC3)[C@H](C)C2)=N[C@H]1C.C=O.CC. The number of aliphatic imine (C=N–C) groups is 1. The molecule has 190 valence electrons. The monoisotopic (exact) mass is 464 g/mol. The minimum atomic E-state index is -0.0232.